The van der Waals surface area contributed by atoms with Gasteiger partial charge in [-0.05, 0) is 23.8 Å². The van der Waals surface area contributed by atoms with E-state index in [1.54, 1.807) is 12.1 Å². The number of carboxylic acid groups (broad SMARTS) is 1. The van der Waals surface area contributed by atoms with Crippen LogP contribution < -0.4 is 15.8 Å². The first kappa shape index (κ1) is 22.4. The van der Waals surface area contributed by atoms with Gasteiger partial charge in [-0.3, -0.25) is 4.79 Å². The molecule has 27 heavy (non-hydrogen) atoms. The lowest BCUT2D eigenvalue weighted by Gasteiger charge is -2.32. The second kappa shape index (κ2) is 8.85. The van der Waals surface area contributed by atoms with Crippen molar-refractivity contribution < 1.29 is 37.0 Å². The van der Waals surface area contributed by atoms with Crippen molar-refractivity contribution >= 4 is 11.9 Å². The molecule has 150 valence electrons. The average Bonchev–Trinajstić information content (AvgIpc) is 2.59. The number of amides is 1. The maximum absolute atomic E-state index is 12.4. The van der Waals surface area contributed by atoms with Gasteiger partial charge < -0.3 is 20.9 Å². The number of benzene rings is 1. The van der Waals surface area contributed by atoms with E-state index in [1.165, 1.54) is 0 Å². The van der Waals surface area contributed by atoms with Crippen LogP contribution in [0.2, 0.25) is 0 Å². The number of carbonyl (C=O) groups is 2. The molecule has 0 unspecified atom stereocenters. The van der Waals surface area contributed by atoms with Crippen molar-refractivity contribution in [1.82, 2.24) is 5.32 Å². The van der Waals surface area contributed by atoms with Crippen LogP contribution in [0, 0.1) is 0 Å². The molecule has 1 aromatic rings. The van der Waals surface area contributed by atoms with Crippen molar-refractivity contribution in [1.29, 1.82) is 0 Å². The Labute approximate surface area is 153 Å². The molecule has 0 fully saturated rings. The Kier molecular flexibility index (Phi) is 7.35. The van der Waals surface area contributed by atoms with E-state index in [0.717, 1.165) is 5.56 Å². The molecule has 0 atom stereocenters. The Bertz CT molecular complexity index is 730. The third-order valence-corrected chi connectivity index (χ3v) is 3.74. The minimum atomic E-state index is -5.08. The predicted molar refractivity (Wildman–Crippen MR) is 89.2 cm³/mol. The van der Waals surface area contributed by atoms with Crippen LogP contribution in [0.3, 0.4) is 0 Å². The van der Waals surface area contributed by atoms with E-state index >= 15 is 0 Å². The van der Waals surface area contributed by atoms with E-state index in [9.17, 15) is 22.4 Å². The Morgan fingerprint density at radius 2 is 2.00 bits per heavy atom. The van der Waals surface area contributed by atoms with Crippen molar-refractivity contribution in [3.8, 4) is 5.75 Å². The van der Waals surface area contributed by atoms with Crippen molar-refractivity contribution in [2.24, 2.45) is 5.73 Å². The molecule has 1 aromatic carbocycles. The first-order valence-electron chi connectivity index (χ1n) is 7.76. The van der Waals surface area contributed by atoms with Crippen molar-refractivity contribution in [2.75, 3.05) is 19.7 Å². The van der Waals surface area contributed by atoms with Gasteiger partial charge in [0.1, 0.15) is 12.4 Å². The monoisotopic (exact) mass is 392 g/mol. The lowest BCUT2D eigenvalue weighted by molar-refractivity contribution is -0.192. The quantitative estimate of drug-likeness (QED) is 0.684. The highest BCUT2D eigenvalue weighted by atomic mass is 19.4. The fourth-order valence-electron chi connectivity index (χ4n) is 2.17. The maximum atomic E-state index is 12.4. The first-order chi connectivity index (χ1) is 12.4. The van der Waals surface area contributed by atoms with Crippen molar-refractivity contribution in [3.05, 3.63) is 41.2 Å². The summed E-state index contributed by atoms with van der Waals surface area (Å²) < 4.78 is 49.7. The van der Waals surface area contributed by atoms with Crippen LogP contribution in [0.25, 0.3) is 0 Å². The molecule has 1 aliphatic heterocycles. The van der Waals surface area contributed by atoms with Gasteiger partial charge in [0.05, 0.1) is 6.33 Å². The third kappa shape index (κ3) is 6.24. The van der Waals surface area contributed by atoms with E-state index in [2.05, 4.69) is 19.2 Å². The summed E-state index contributed by atoms with van der Waals surface area (Å²) >= 11 is 0. The largest absolute Gasteiger partial charge is 0.490 e. The van der Waals surface area contributed by atoms with E-state index in [-0.39, 0.29) is 24.5 Å². The summed E-state index contributed by atoms with van der Waals surface area (Å²) in [5.41, 5.74) is 7.21. The smallest absolute Gasteiger partial charge is 0.489 e. The Morgan fingerprint density at radius 3 is 2.48 bits per heavy atom. The van der Waals surface area contributed by atoms with E-state index in [0.29, 0.717) is 29.8 Å². The number of carboxylic acids is 1. The summed E-state index contributed by atoms with van der Waals surface area (Å²) in [5.74, 6) is -2.22. The second-order valence-corrected chi connectivity index (χ2v) is 6.34. The molecule has 0 bridgehead atoms. The van der Waals surface area contributed by atoms with Gasteiger partial charge in [0.25, 0.3) is 5.91 Å². The second-order valence-electron chi connectivity index (χ2n) is 6.34. The number of rotatable bonds is 4. The van der Waals surface area contributed by atoms with E-state index in [4.69, 9.17) is 20.4 Å². The molecule has 0 spiro atoms. The number of ether oxygens (including phenoxy) is 1. The molecule has 2 rings (SSSR count). The summed E-state index contributed by atoms with van der Waals surface area (Å²) in [6.07, 6.45) is -4.62. The Morgan fingerprint density at radius 1 is 1.41 bits per heavy atom. The normalized spacial score (nSPS) is 15.8. The number of fused-ring (bicyclic) bond motifs is 1. The zero-order chi connectivity index (χ0) is 20.8. The topological polar surface area (TPSA) is 102 Å². The highest BCUT2D eigenvalue weighted by Crippen LogP contribution is 2.32. The minimum Gasteiger partial charge on any atom is -0.489 e. The van der Waals surface area contributed by atoms with Gasteiger partial charge in [0.15, 0.2) is 0 Å². The van der Waals surface area contributed by atoms with Crippen molar-refractivity contribution in [2.45, 2.75) is 25.4 Å². The van der Waals surface area contributed by atoms with Crippen LogP contribution in [-0.2, 0) is 10.2 Å². The number of aliphatic carboxylic acids is 1. The van der Waals surface area contributed by atoms with Gasteiger partial charge in [-0.2, -0.15) is 13.2 Å². The number of nitrogens with one attached hydrogen (secondary N) is 1. The minimum absolute atomic E-state index is 0.0721. The molecule has 0 aromatic heterocycles. The summed E-state index contributed by atoms with van der Waals surface area (Å²) in [4.78, 5) is 20.7. The molecule has 10 heteroatoms. The molecule has 6 nitrogen and oxygen atoms in total. The number of alkyl halides is 3. The summed E-state index contributed by atoms with van der Waals surface area (Å²) in [6, 6.07) is 5.30. The molecule has 4 N–H and O–H groups in total. The molecule has 1 aliphatic rings. The van der Waals surface area contributed by atoms with Crippen LogP contribution >= 0.6 is 0 Å². The third-order valence-electron chi connectivity index (χ3n) is 3.74. The van der Waals surface area contributed by atoms with E-state index in [1.807, 2.05) is 6.07 Å². The summed E-state index contributed by atoms with van der Waals surface area (Å²) in [5, 5.41) is 9.99. The lowest BCUT2D eigenvalue weighted by Crippen LogP contribution is -2.43. The summed E-state index contributed by atoms with van der Waals surface area (Å²) in [6.45, 7) is 4.93. The number of hydrogen-bond acceptors (Lipinski definition) is 4. The lowest BCUT2D eigenvalue weighted by atomic mass is 9.79. The van der Waals surface area contributed by atoms with Crippen LogP contribution in [0.1, 0.15) is 29.8 Å². The zero-order valence-electron chi connectivity index (χ0n) is 14.7. The molecule has 1 amide bonds. The van der Waals surface area contributed by atoms with Crippen LogP contribution in [0.15, 0.2) is 30.1 Å². The fraction of sp³-hybridized carbons (Fsp3) is 0.412. The van der Waals surface area contributed by atoms with Gasteiger partial charge in [0, 0.05) is 29.6 Å². The zero-order valence-corrected chi connectivity index (χ0v) is 14.7. The summed E-state index contributed by atoms with van der Waals surface area (Å²) in [7, 11) is 0. The van der Waals surface area contributed by atoms with Gasteiger partial charge in [-0.25, -0.2) is 9.18 Å². The van der Waals surface area contributed by atoms with E-state index < -0.39 is 12.1 Å². The van der Waals surface area contributed by atoms with Gasteiger partial charge in [-0.15, -0.1) is 0 Å². The van der Waals surface area contributed by atoms with Crippen LogP contribution in [-0.4, -0.2) is 42.9 Å². The molecule has 0 aliphatic carbocycles. The highest BCUT2D eigenvalue weighted by Gasteiger charge is 2.38. The number of nitrogens with two attached hydrogens (primary N) is 1. The molecular formula is C17H20F4N2O4. The first-order valence-corrected chi connectivity index (χ1v) is 7.76. The molecule has 0 saturated carbocycles. The maximum Gasteiger partial charge on any atom is 0.490 e. The number of halogens is 4. The molecular weight excluding hydrogens is 372 g/mol. The Hall–Kier alpha value is -2.62. The van der Waals surface area contributed by atoms with Gasteiger partial charge in [-0.1, -0.05) is 13.8 Å². The molecule has 1 heterocycles. The number of hydrogen-bond donors (Lipinski definition) is 3. The van der Waals surface area contributed by atoms with Gasteiger partial charge >= 0.3 is 12.1 Å². The highest BCUT2D eigenvalue weighted by molar-refractivity contribution is 5.97. The predicted octanol–water partition coefficient (Wildman–Crippen LogP) is 2.53. The van der Waals surface area contributed by atoms with Crippen LogP contribution in [0.4, 0.5) is 17.6 Å². The average molecular weight is 392 g/mol. The fourth-order valence-corrected chi connectivity index (χ4v) is 2.17. The molecule has 0 radical (unpaired) electrons. The van der Waals surface area contributed by atoms with Crippen LogP contribution in [0.5, 0.6) is 5.75 Å². The standard InChI is InChI=1S/C15H19FN2O2.C2HF3O2/c1-15(2)9-18-14(19)12-4-3-11(5-13(12)15)20-8-10(6-16)7-17;3-2(4,5)1(6)7/h3-6H,7-9,17H2,1-2H3,(H,18,19);(H,6,7)/b10-6+;. The SMILES string of the molecule is CC1(C)CNC(=O)c2ccc(OC/C(=C/F)CN)cc21.O=C(O)C(F)(F)F. The van der Waals surface area contributed by atoms with Gasteiger partial charge in [0.2, 0.25) is 0 Å². The Balaban J connectivity index is 0.000000445. The van der Waals surface area contributed by atoms with Crippen molar-refractivity contribution in [3.63, 3.8) is 0 Å². The molecule has 0 saturated heterocycles. The number of carbonyl (C=O) groups excluding carboxylic acids is 1.